The summed E-state index contributed by atoms with van der Waals surface area (Å²) in [5.41, 5.74) is 3.08. The maximum atomic E-state index is 10.1. The van der Waals surface area contributed by atoms with Crippen LogP contribution in [0.3, 0.4) is 0 Å². The number of ether oxygens (including phenoxy) is 2. The van der Waals surface area contributed by atoms with Crippen molar-refractivity contribution < 1.29 is 14.6 Å². The molecule has 1 atom stereocenters. The lowest BCUT2D eigenvalue weighted by atomic mass is 10.1. The summed E-state index contributed by atoms with van der Waals surface area (Å²) in [5.74, 6) is 1.86. The second kappa shape index (κ2) is 11.1. The van der Waals surface area contributed by atoms with Gasteiger partial charge in [0.2, 0.25) is 11.0 Å². The van der Waals surface area contributed by atoms with Gasteiger partial charge in [0.15, 0.2) is 23.4 Å². The maximum Gasteiger partial charge on any atom is 0.247 e. The third kappa shape index (κ3) is 5.70. The van der Waals surface area contributed by atoms with E-state index < -0.39 is 6.23 Å². The van der Waals surface area contributed by atoms with Gasteiger partial charge in [0.05, 0.1) is 6.61 Å². The van der Waals surface area contributed by atoms with Gasteiger partial charge in [-0.3, -0.25) is 0 Å². The number of hydrogen-bond acceptors (Lipinski definition) is 8. The molecule has 4 rings (SSSR count). The largest absolute Gasteiger partial charge is 0.504 e. The fourth-order valence-corrected chi connectivity index (χ4v) is 4.68. The number of rotatable bonds is 9. The van der Waals surface area contributed by atoms with Crippen molar-refractivity contribution in [3.05, 3.63) is 46.4 Å². The van der Waals surface area contributed by atoms with Crippen molar-refractivity contribution >= 4 is 33.4 Å². The zero-order valence-electron chi connectivity index (χ0n) is 18.7. The molecule has 174 valence electrons. The molecule has 0 fully saturated rings. The van der Waals surface area contributed by atoms with E-state index in [4.69, 9.17) is 14.5 Å². The van der Waals surface area contributed by atoms with E-state index in [0.717, 1.165) is 33.5 Å². The summed E-state index contributed by atoms with van der Waals surface area (Å²) >= 11 is 5.14. The summed E-state index contributed by atoms with van der Waals surface area (Å²) in [6.45, 7) is 4.53. The van der Waals surface area contributed by atoms with Crippen LogP contribution in [0.25, 0.3) is 11.3 Å². The number of hydrogen-bond donors (Lipinski definition) is 2. The van der Waals surface area contributed by atoms with Crippen molar-refractivity contribution in [3.8, 4) is 28.6 Å². The van der Waals surface area contributed by atoms with E-state index in [-0.39, 0.29) is 5.75 Å². The van der Waals surface area contributed by atoms with Crippen molar-refractivity contribution in [1.82, 2.24) is 15.2 Å². The Hall–Kier alpha value is -2.52. The predicted molar refractivity (Wildman–Crippen MR) is 134 cm³/mol. The molecule has 0 aliphatic carbocycles. The average Bonchev–Trinajstić information content (AvgIpc) is 2.97. The first-order valence-corrected chi connectivity index (χ1v) is 12.9. The van der Waals surface area contributed by atoms with Crippen LogP contribution in [0.4, 0.5) is 5.69 Å². The summed E-state index contributed by atoms with van der Waals surface area (Å²) in [6.07, 6.45) is 4.22. The number of anilines is 1. The van der Waals surface area contributed by atoms with Crippen LogP contribution in [0.1, 0.15) is 51.3 Å². The van der Waals surface area contributed by atoms with E-state index in [1.165, 1.54) is 19.3 Å². The zero-order valence-corrected chi connectivity index (χ0v) is 21.1. The van der Waals surface area contributed by atoms with Gasteiger partial charge in [-0.15, -0.1) is 10.2 Å². The van der Waals surface area contributed by atoms with Gasteiger partial charge in [-0.25, -0.2) is 0 Å². The topological polar surface area (TPSA) is 89.4 Å². The minimum atomic E-state index is -0.551. The van der Waals surface area contributed by atoms with Crippen LogP contribution in [0, 0.1) is 0 Å². The molecule has 0 saturated carbocycles. The number of benzene rings is 2. The second-order valence-corrected chi connectivity index (χ2v) is 9.63. The van der Waals surface area contributed by atoms with Gasteiger partial charge in [0.25, 0.3) is 0 Å². The average molecular weight is 531 g/mol. The fourth-order valence-electron chi connectivity index (χ4n) is 3.54. The summed E-state index contributed by atoms with van der Waals surface area (Å²) in [4.78, 5) is 4.70. The van der Waals surface area contributed by atoms with Crippen LogP contribution >= 0.6 is 27.7 Å². The predicted octanol–water partition coefficient (Wildman–Crippen LogP) is 6.58. The lowest BCUT2D eigenvalue weighted by molar-refractivity contribution is 0.224. The first-order chi connectivity index (χ1) is 16.1. The smallest absolute Gasteiger partial charge is 0.247 e. The molecule has 0 radical (unpaired) electrons. The highest BCUT2D eigenvalue weighted by atomic mass is 79.9. The van der Waals surface area contributed by atoms with Gasteiger partial charge in [-0.05, 0) is 49.7 Å². The van der Waals surface area contributed by atoms with Crippen molar-refractivity contribution in [2.45, 2.75) is 50.9 Å². The number of halogens is 1. The number of phenolic OH excluding ortho intramolecular Hbond substituents is 1. The van der Waals surface area contributed by atoms with E-state index in [2.05, 4.69) is 38.4 Å². The van der Waals surface area contributed by atoms with Gasteiger partial charge < -0.3 is 19.9 Å². The highest BCUT2D eigenvalue weighted by Crippen LogP contribution is 2.41. The number of unbranched alkanes of at least 4 members (excludes halogenated alkanes) is 3. The van der Waals surface area contributed by atoms with Crippen LogP contribution in [-0.4, -0.2) is 32.6 Å². The first-order valence-electron chi connectivity index (χ1n) is 11.2. The Morgan fingerprint density at radius 3 is 2.82 bits per heavy atom. The molecule has 33 heavy (non-hydrogen) atoms. The first kappa shape index (κ1) is 23.6. The normalized spacial score (nSPS) is 14.5. The molecular formula is C24H27BrN4O3S. The molecule has 0 saturated heterocycles. The monoisotopic (exact) mass is 530 g/mol. The van der Waals surface area contributed by atoms with E-state index in [9.17, 15) is 5.11 Å². The SMILES string of the molecule is CCCCCCSc1nnc2c(n1)O[C@@H](c1ccc(O)c(OCC)c1)Nc1ccc(Br)cc1-2. The standard InChI is InChI=1S/C24H27BrN4O3S/c1-3-5-6-7-12-33-24-27-23-21(28-29-24)17-14-16(25)9-10-18(17)26-22(32-23)15-8-11-19(30)20(13-15)31-4-2/h8-11,13-14,22,26,30H,3-7,12H2,1-2H3/t22-/m0/s1. The molecule has 3 aromatic rings. The molecule has 1 aliphatic heterocycles. The highest BCUT2D eigenvalue weighted by Gasteiger charge is 2.27. The summed E-state index contributed by atoms with van der Waals surface area (Å²) in [7, 11) is 0. The molecule has 1 aromatic heterocycles. The highest BCUT2D eigenvalue weighted by molar-refractivity contribution is 9.10. The molecule has 9 heteroatoms. The summed E-state index contributed by atoms with van der Waals surface area (Å²) in [5, 5.41) is 23.0. The Kier molecular flexibility index (Phi) is 7.93. The van der Waals surface area contributed by atoms with Gasteiger partial charge >= 0.3 is 0 Å². The Bertz CT molecular complexity index is 1120. The van der Waals surface area contributed by atoms with Gasteiger partial charge in [-0.1, -0.05) is 53.9 Å². The van der Waals surface area contributed by atoms with Crippen molar-refractivity contribution in [2.24, 2.45) is 0 Å². The number of nitrogens with one attached hydrogen (secondary N) is 1. The second-order valence-electron chi connectivity index (χ2n) is 7.65. The maximum absolute atomic E-state index is 10.1. The fraction of sp³-hybridized carbons (Fsp3) is 0.375. The van der Waals surface area contributed by atoms with Crippen LogP contribution < -0.4 is 14.8 Å². The lowest BCUT2D eigenvalue weighted by Crippen LogP contribution is -2.17. The molecule has 0 unspecified atom stereocenters. The van der Waals surface area contributed by atoms with E-state index in [1.807, 2.05) is 25.1 Å². The Labute approximate surface area is 206 Å². The lowest BCUT2D eigenvalue weighted by Gasteiger charge is -2.20. The van der Waals surface area contributed by atoms with Crippen molar-refractivity contribution in [3.63, 3.8) is 0 Å². The number of aromatic hydroxyl groups is 1. The van der Waals surface area contributed by atoms with Crippen molar-refractivity contribution in [2.75, 3.05) is 17.7 Å². The summed E-state index contributed by atoms with van der Waals surface area (Å²) in [6, 6.07) is 11.1. The molecule has 0 spiro atoms. The third-order valence-electron chi connectivity index (χ3n) is 5.20. The number of phenols is 1. The third-order valence-corrected chi connectivity index (χ3v) is 6.62. The van der Waals surface area contributed by atoms with Crippen LogP contribution in [-0.2, 0) is 0 Å². The molecule has 2 aromatic carbocycles. The molecular weight excluding hydrogens is 504 g/mol. The van der Waals surface area contributed by atoms with Gasteiger partial charge in [0, 0.05) is 27.0 Å². The Balaban J connectivity index is 1.67. The molecule has 7 nitrogen and oxygen atoms in total. The van der Waals surface area contributed by atoms with Crippen LogP contribution in [0.5, 0.6) is 17.4 Å². The van der Waals surface area contributed by atoms with Crippen molar-refractivity contribution in [1.29, 1.82) is 0 Å². The Morgan fingerprint density at radius 2 is 2.00 bits per heavy atom. The molecule has 0 amide bonds. The van der Waals surface area contributed by atoms with Crippen LogP contribution in [0.2, 0.25) is 0 Å². The van der Waals surface area contributed by atoms with Gasteiger partial charge in [0.1, 0.15) is 0 Å². The van der Waals surface area contributed by atoms with E-state index in [0.29, 0.717) is 29.1 Å². The number of nitrogens with zero attached hydrogens (tertiary/aromatic N) is 3. The van der Waals surface area contributed by atoms with Gasteiger partial charge in [-0.2, -0.15) is 4.98 Å². The zero-order chi connectivity index (χ0) is 23.2. The van der Waals surface area contributed by atoms with Crippen LogP contribution in [0.15, 0.2) is 46.0 Å². The Morgan fingerprint density at radius 1 is 1.12 bits per heavy atom. The minimum Gasteiger partial charge on any atom is -0.504 e. The molecule has 2 heterocycles. The van der Waals surface area contributed by atoms with E-state index in [1.54, 1.807) is 30.0 Å². The quantitative estimate of drug-likeness (QED) is 0.236. The molecule has 2 N–H and O–H groups in total. The van der Waals surface area contributed by atoms with E-state index >= 15 is 0 Å². The molecule has 1 aliphatic rings. The number of thioether (sulfide) groups is 1. The summed E-state index contributed by atoms with van der Waals surface area (Å²) < 4.78 is 12.8. The number of fused-ring (bicyclic) bond motifs is 3. The molecule has 0 bridgehead atoms. The number of aromatic nitrogens is 3. The minimum absolute atomic E-state index is 0.0877.